The van der Waals surface area contributed by atoms with Gasteiger partial charge in [0.15, 0.2) is 0 Å². The minimum atomic E-state index is -1.06. The zero-order valence-electron chi connectivity index (χ0n) is 15.1. The molecule has 1 unspecified atom stereocenters. The molecule has 0 radical (unpaired) electrons. The molecule has 3 aromatic rings. The molecule has 28 heavy (non-hydrogen) atoms. The average molecular weight is 384 g/mol. The van der Waals surface area contributed by atoms with E-state index in [9.17, 15) is 14.0 Å². The number of para-hydroxylation sites is 2. The van der Waals surface area contributed by atoms with E-state index in [1.807, 2.05) is 24.3 Å². The van der Waals surface area contributed by atoms with Gasteiger partial charge in [-0.05, 0) is 55.7 Å². The van der Waals surface area contributed by atoms with Crippen LogP contribution in [-0.2, 0) is 0 Å². The van der Waals surface area contributed by atoms with E-state index in [4.69, 9.17) is 5.11 Å². The lowest BCUT2D eigenvalue weighted by Gasteiger charge is -2.17. The van der Waals surface area contributed by atoms with Crippen molar-refractivity contribution in [3.8, 4) is 0 Å². The van der Waals surface area contributed by atoms with Gasteiger partial charge in [0.2, 0.25) is 0 Å². The Morgan fingerprint density at radius 3 is 2.57 bits per heavy atom. The maximum absolute atomic E-state index is 13.1. The van der Waals surface area contributed by atoms with Crippen LogP contribution in [-0.4, -0.2) is 33.6 Å². The Hall–Kier alpha value is -3.42. The van der Waals surface area contributed by atoms with Crippen molar-refractivity contribution < 1.29 is 19.1 Å². The van der Waals surface area contributed by atoms with Crippen LogP contribution in [0.3, 0.4) is 0 Å². The largest absolute Gasteiger partial charge is 0.465 e. The number of rotatable bonds is 8. The van der Waals surface area contributed by atoms with Gasteiger partial charge < -0.3 is 20.7 Å². The number of hydrogen-bond donors (Lipinski definition) is 4. The lowest BCUT2D eigenvalue weighted by Crippen LogP contribution is -2.29. The van der Waals surface area contributed by atoms with Gasteiger partial charge in [0.25, 0.3) is 5.91 Å². The summed E-state index contributed by atoms with van der Waals surface area (Å²) in [6.45, 7) is 0.341. The normalized spacial score (nSPS) is 11.9. The summed E-state index contributed by atoms with van der Waals surface area (Å²) in [5, 5.41) is 13.9. The topological polar surface area (TPSA) is 107 Å². The summed E-state index contributed by atoms with van der Waals surface area (Å²) in [6.07, 6.45) is 0.841. The lowest BCUT2D eigenvalue weighted by molar-refractivity contribution is 0.0932. The minimum absolute atomic E-state index is 0.325. The summed E-state index contributed by atoms with van der Waals surface area (Å²) in [7, 11) is 0. The molecule has 7 nitrogen and oxygen atoms in total. The van der Waals surface area contributed by atoms with E-state index in [0.717, 1.165) is 11.0 Å². The molecule has 0 saturated heterocycles. The fourth-order valence-electron chi connectivity index (χ4n) is 2.93. The lowest BCUT2D eigenvalue weighted by atomic mass is 10.1. The number of unbranched alkanes of at least 4 members (excludes halogenated alkanes) is 1. The Kier molecular flexibility index (Phi) is 6.21. The van der Waals surface area contributed by atoms with Gasteiger partial charge in [0, 0.05) is 12.1 Å². The number of H-pyrrole nitrogens is 1. The molecule has 1 aromatic heterocycles. The summed E-state index contributed by atoms with van der Waals surface area (Å²) in [4.78, 5) is 30.9. The van der Waals surface area contributed by atoms with Crippen molar-refractivity contribution in [1.82, 2.24) is 20.6 Å². The number of halogens is 1. The zero-order valence-corrected chi connectivity index (χ0v) is 15.1. The number of imidazole rings is 1. The van der Waals surface area contributed by atoms with Crippen LogP contribution >= 0.6 is 0 Å². The summed E-state index contributed by atoms with van der Waals surface area (Å²) in [5.41, 5.74) is 2.02. The molecule has 0 saturated carbocycles. The number of carboxylic acid groups (broad SMARTS) is 1. The molecule has 0 spiro atoms. The number of fused-ring (bicyclic) bond motifs is 1. The molecular formula is C20H21FN4O3. The molecule has 3 rings (SSSR count). The fourth-order valence-corrected chi connectivity index (χ4v) is 2.93. The first-order chi connectivity index (χ1) is 13.5. The van der Waals surface area contributed by atoms with Gasteiger partial charge in [0.1, 0.15) is 11.6 Å². The quantitative estimate of drug-likeness (QED) is 0.445. The van der Waals surface area contributed by atoms with Gasteiger partial charge in [-0.3, -0.25) is 4.79 Å². The van der Waals surface area contributed by atoms with E-state index in [0.29, 0.717) is 37.2 Å². The summed E-state index contributed by atoms with van der Waals surface area (Å²) >= 11 is 0. The number of aromatic nitrogens is 2. The first kappa shape index (κ1) is 19.3. The molecule has 0 fully saturated rings. The molecule has 0 aliphatic carbocycles. The maximum atomic E-state index is 13.1. The van der Waals surface area contributed by atoms with Crippen LogP contribution in [0.15, 0.2) is 48.5 Å². The average Bonchev–Trinajstić information content (AvgIpc) is 3.11. The highest BCUT2D eigenvalue weighted by Gasteiger charge is 2.19. The van der Waals surface area contributed by atoms with Crippen molar-refractivity contribution in [3.63, 3.8) is 0 Å². The molecule has 0 aliphatic heterocycles. The second-order valence-corrected chi connectivity index (χ2v) is 6.40. The van der Waals surface area contributed by atoms with E-state index >= 15 is 0 Å². The first-order valence-electron chi connectivity index (χ1n) is 9.01. The number of nitrogens with one attached hydrogen (secondary N) is 3. The van der Waals surface area contributed by atoms with E-state index < -0.39 is 11.9 Å². The first-order valence-corrected chi connectivity index (χ1v) is 9.01. The van der Waals surface area contributed by atoms with Crippen LogP contribution in [0, 0.1) is 5.82 Å². The molecule has 2 amide bonds. The Bertz CT molecular complexity index is 922. The van der Waals surface area contributed by atoms with E-state index in [1.54, 1.807) is 0 Å². The van der Waals surface area contributed by atoms with Crippen molar-refractivity contribution in [1.29, 1.82) is 0 Å². The van der Waals surface area contributed by atoms with Gasteiger partial charge in [-0.15, -0.1) is 0 Å². The fraction of sp³-hybridized carbons (Fsp3) is 0.250. The van der Waals surface area contributed by atoms with Crippen LogP contribution in [0.2, 0.25) is 0 Å². The van der Waals surface area contributed by atoms with Crippen LogP contribution in [0.5, 0.6) is 0 Å². The monoisotopic (exact) mass is 384 g/mol. The molecular weight excluding hydrogens is 363 g/mol. The number of aromatic amines is 1. The molecule has 1 heterocycles. The highest BCUT2D eigenvalue weighted by atomic mass is 19.1. The third-order valence-electron chi connectivity index (χ3n) is 4.35. The second kappa shape index (κ2) is 8.98. The Morgan fingerprint density at radius 2 is 1.86 bits per heavy atom. The standard InChI is InChI=1S/C20H21FN4O3/c21-14-10-8-13(9-11-14)19(26)25-17(7-3-4-12-22-20(27)28)18-23-15-5-1-2-6-16(15)24-18/h1-2,5-6,8-11,17,22H,3-4,7,12H2,(H,23,24)(H,25,26)(H,27,28). The maximum Gasteiger partial charge on any atom is 0.404 e. The van der Waals surface area contributed by atoms with Gasteiger partial charge in [-0.1, -0.05) is 12.1 Å². The number of hydrogen-bond acceptors (Lipinski definition) is 3. The predicted molar refractivity (Wildman–Crippen MR) is 103 cm³/mol. The molecule has 146 valence electrons. The van der Waals surface area contributed by atoms with Crippen molar-refractivity contribution in [3.05, 3.63) is 65.7 Å². The van der Waals surface area contributed by atoms with Crippen molar-refractivity contribution in [2.75, 3.05) is 6.54 Å². The Balaban J connectivity index is 1.72. The molecule has 0 aliphatic rings. The van der Waals surface area contributed by atoms with Gasteiger partial charge in [-0.25, -0.2) is 14.2 Å². The number of carbonyl (C=O) groups is 2. The number of benzene rings is 2. The van der Waals surface area contributed by atoms with E-state index in [-0.39, 0.29) is 11.9 Å². The minimum Gasteiger partial charge on any atom is -0.465 e. The molecule has 0 bridgehead atoms. The van der Waals surface area contributed by atoms with Gasteiger partial charge in [-0.2, -0.15) is 0 Å². The van der Waals surface area contributed by atoms with Crippen molar-refractivity contribution in [2.45, 2.75) is 25.3 Å². The van der Waals surface area contributed by atoms with Crippen LogP contribution in [0.1, 0.15) is 41.5 Å². The summed E-state index contributed by atoms with van der Waals surface area (Å²) in [6, 6.07) is 12.5. The third-order valence-corrected chi connectivity index (χ3v) is 4.35. The Labute approximate surface area is 161 Å². The van der Waals surface area contributed by atoms with E-state index in [2.05, 4.69) is 20.6 Å². The summed E-state index contributed by atoms with van der Waals surface area (Å²) < 4.78 is 13.1. The van der Waals surface area contributed by atoms with Crippen molar-refractivity contribution in [2.24, 2.45) is 0 Å². The Morgan fingerprint density at radius 1 is 1.11 bits per heavy atom. The molecule has 8 heteroatoms. The SMILES string of the molecule is O=C(O)NCCCCC(NC(=O)c1ccc(F)cc1)c1nc2ccccc2[nH]1. The number of nitrogens with zero attached hydrogens (tertiary/aromatic N) is 1. The molecule has 4 N–H and O–H groups in total. The van der Waals surface area contributed by atoms with Crippen LogP contribution < -0.4 is 10.6 Å². The number of carbonyl (C=O) groups excluding carboxylic acids is 1. The highest BCUT2D eigenvalue weighted by molar-refractivity contribution is 5.94. The molecule has 2 aromatic carbocycles. The summed E-state index contributed by atoms with van der Waals surface area (Å²) in [5.74, 6) is -0.103. The molecule has 1 atom stereocenters. The second-order valence-electron chi connectivity index (χ2n) is 6.40. The zero-order chi connectivity index (χ0) is 19.9. The van der Waals surface area contributed by atoms with Gasteiger partial charge >= 0.3 is 6.09 Å². The van der Waals surface area contributed by atoms with Crippen LogP contribution in [0.4, 0.5) is 9.18 Å². The van der Waals surface area contributed by atoms with Crippen molar-refractivity contribution >= 4 is 23.0 Å². The predicted octanol–water partition coefficient (Wildman–Crippen LogP) is 3.61. The van der Waals surface area contributed by atoms with E-state index in [1.165, 1.54) is 24.3 Å². The van der Waals surface area contributed by atoms with Crippen LogP contribution in [0.25, 0.3) is 11.0 Å². The smallest absolute Gasteiger partial charge is 0.404 e. The number of amides is 2. The highest BCUT2D eigenvalue weighted by Crippen LogP contribution is 2.21. The van der Waals surface area contributed by atoms with Gasteiger partial charge in [0.05, 0.1) is 17.1 Å². The third kappa shape index (κ3) is 5.06.